The van der Waals surface area contributed by atoms with E-state index in [1.165, 1.54) is 6.20 Å². The summed E-state index contributed by atoms with van der Waals surface area (Å²) in [5.74, 6) is 0.670. The second-order valence-corrected chi connectivity index (χ2v) is 3.21. The molecule has 15 heavy (non-hydrogen) atoms. The zero-order chi connectivity index (χ0) is 10.7. The van der Waals surface area contributed by atoms with Crippen molar-refractivity contribution >= 4 is 28.8 Å². The number of rotatable bonds is 3. The number of benzene rings is 1. The number of fused-ring (bicyclic) bond motifs is 1. The van der Waals surface area contributed by atoms with E-state index < -0.39 is 0 Å². The number of alkyl halides is 1. The molecule has 1 heterocycles. The van der Waals surface area contributed by atoms with E-state index in [1.54, 1.807) is 18.2 Å². The van der Waals surface area contributed by atoms with Crippen LogP contribution in [0.25, 0.3) is 10.9 Å². The monoisotopic (exact) mass is 221 g/mol. The molecule has 0 fully saturated rings. The number of hydrogen-bond acceptors (Lipinski definition) is 3. The lowest BCUT2D eigenvalue weighted by atomic mass is 10.2. The highest BCUT2D eigenvalue weighted by Crippen LogP contribution is 2.19. The van der Waals surface area contributed by atoms with Gasteiger partial charge in [0, 0.05) is 23.2 Å². The molecule has 0 aliphatic heterocycles. The van der Waals surface area contributed by atoms with Gasteiger partial charge in [-0.2, -0.15) is 0 Å². The summed E-state index contributed by atoms with van der Waals surface area (Å²) >= 11 is 5.45. The van der Waals surface area contributed by atoms with Crippen molar-refractivity contribution in [2.45, 2.75) is 0 Å². The van der Waals surface area contributed by atoms with Gasteiger partial charge in [0.05, 0.1) is 5.52 Å². The van der Waals surface area contributed by atoms with Crippen LogP contribution >= 0.6 is 11.6 Å². The maximum atomic E-state index is 10.5. The molecule has 0 bridgehead atoms. The molecule has 2 aromatic rings. The van der Waals surface area contributed by atoms with Crippen molar-refractivity contribution in [1.29, 1.82) is 0 Å². The quantitative estimate of drug-likeness (QED) is 0.591. The Morgan fingerprint density at radius 1 is 1.40 bits per heavy atom. The molecule has 0 unspecified atom stereocenters. The molecule has 0 amide bonds. The van der Waals surface area contributed by atoms with Gasteiger partial charge < -0.3 is 4.74 Å². The third kappa shape index (κ3) is 2.07. The molecule has 0 radical (unpaired) electrons. The fourth-order valence-corrected chi connectivity index (χ4v) is 1.46. The van der Waals surface area contributed by atoms with Crippen molar-refractivity contribution in [2.75, 3.05) is 6.07 Å². The zero-order valence-corrected chi connectivity index (χ0v) is 8.57. The van der Waals surface area contributed by atoms with Crippen molar-refractivity contribution in [1.82, 2.24) is 4.98 Å². The highest BCUT2D eigenvalue weighted by Gasteiger charge is 1.99. The van der Waals surface area contributed by atoms with Crippen molar-refractivity contribution in [3.63, 3.8) is 0 Å². The lowest BCUT2D eigenvalue weighted by Gasteiger charge is -2.03. The molecule has 1 aromatic carbocycles. The first-order chi connectivity index (χ1) is 7.33. The van der Waals surface area contributed by atoms with Crippen molar-refractivity contribution in [3.8, 4) is 5.75 Å². The minimum Gasteiger partial charge on any atom is -0.478 e. The molecule has 0 saturated carbocycles. The Bertz CT molecular complexity index is 499. The van der Waals surface area contributed by atoms with Gasteiger partial charge >= 0.3 is 0 Å². The summed E-state index contributed by atoms with van der Waals surface area (Å²) in [5.41, 5.74) is 1.34. The fraction of sp³-hybridized carbons (Fsp3) is 0.0909. The maximum absolute atomic E-state index is 10.5. The molecular weight excluding hydrogens is 214 g/mol. The summed E-state index contributed by atoms with van der Waals surface area (Å²) in [4.78, 5) is 14.7. The molecule has 2 rings (SSSR count). The summed E-state index contributed by atoms with van der Waals surface area (Å²) in [6.07, 6.45) is 2.30. The number of aldehydes is 1. The van der Waals surface area contributed by atoms with E-state index in [0.29, 0.717) is 11.3 Å². The third-order valence-electron chi connectivity index (χ3n) is 2.03. The fourth-order valence-electron chi connectivity index (χ4n) is 1.34. The molecule has 1 aromatic heterocycles. The molecular formula is C11H8ClNO2. The summed E-state index contributed by atoms with van der Waals surface area (Å²) in [6, 6.07) is 7.31. The highest BCUT2D eigenvalue weighted by molar-refractivity contribution is 6.17. The van der Waals surface area contributed by atoms with Crippen molar-refractivity contribution in [3.05, 3.63) is 36.0 Å². The van der Waals surface area contributed by atoms with Crippen LogP contribution in [-0.2, 0) is 0 Å². The number of aromatic nitrogens is 1. The standard InChI is InChI=1S/C11H8ClNO2/c12-7-15-10-2-1-9-3-8(6-14)5-13-11(9)4-10/h1-6H,7H2. The van der Waals surface area contributed by atoms with Gasteiger partial charge in [0.25, 0.3) is 0 Å². The van der Waals surface area contributed by atoms with E-state index in [9.17, 15) is 4.79 Å². The lowest BCUT2D eigenvalue weighted by Crippen LogP contribution is -1.90. The second kappa shape index (κ2) is 4.28. The molecule has 3 nitrogen and oxygen atoms in total. The van der Waals surface area contributed by atoms with Gasteiger partial charge in [0.1, 0.15) is 5.75 Å². The van der Waals surface area contributed by atoms with Crippen LogP contribution in [0, 0.1) is 0 Å². The molecule has 0 aliphatic carbocycles. The third-order valence-corrected chi connectivity index (χ3v) is 2.14. The molecule has 0 atom stereocenters. The van der Waals surface area contributed by atoms with Crippen LogP contribution in [0.4, 0.5) is 0 Å². The predicted octanol–water partition coefficient (Wildman–Crippen LogP) is 2.62. The Balaban J connectivity index is 2.49. The SMILES string of the molecule is O=Cc1cnc2cc(OCCl)ccc2c1. The van der Waals surface area contributed by atoms with Crippen LogP contribution < -0.4 is 4.74 Å². The molecule has 0 spiro atoms. The zero-order valence-electron chi connectivity index (χ0n) is 7.81. The van der Waals surface area contributed by atoms with Gasteiger partial charge in [-0.15, -0.1) is 0 Å². The maximum Gasteiger partial charge on any atom is 0.162 e. The van der Waals surface area contributed by atoms with E-state index in [0.717, 1.165) is 17.2 Å². The van der Waals surface area contributed by atoms with Crippen LogP contribution in [0.3, 0.4) is 0 Å². The summed E-state index contributed by atoms with van der Waals surface area (Å²) in [6.45, 7) is 0. The van der Waals surface area contributed by atoms with Gasteiger partial charge in [-0.05, 0) is 18.2 Å². The van der Waals surface area contributed by atoms with E-state index >= 15 is 0 Å². The van der Waals surface area contributed by atoms with Gasteiger partial charge in [-0.3, -0.25) is 9.78 Å². The van der Waals surface area contributed by atoms with Crippen LogP contribution in [0.2, 0.25) is 0 Å². The van der Waals surface area contributed by atoms with Gasteiger partial charge in [0.15, 0.2) is 12.4 Å². The number of pyridine rings is 1. The second-order valence-electron chi connectivity index (χ2n) is 2.99. The predicted molar refractivity (Wildman–Crippen MR) is 58.5 cm³/mol. The Morgan fingerprint density at radius 2 is 2.27 bits per heavy atom. The summed E-state index contributed by atoms with van der Waals surface area (Å²) in [5, 5.41) is 0.904. The van der Waals surface area contributed by atoms with E-state index in [4.69, 9.17) is 16.3 Å². The smallest absolute Gasteiger partial charge is 0.162 e. The molecule has 0 saturated heterocycles. The van der Waals surface area contributed by atoms with E-state index in [-0.39, 0.29) is 6.07 Å². The van der Waals surface area contributed by atoms with E-state index in [1.807, 2.05) is 6.07 Å². The molecule has 0 aliphatic rings. The van der Waals surface area contributed by atoms with Crippen LogP contribution in [0.1, 0.15) is 10.4 Å². The van der Waals surface area contributed by atoms with Crippen molar-refractivity contribution in [2.24, 2.45) is 0 Å². The van der Waals surface area contributed by atoms with Gasteiger partial charge in [-0.25, -0.2) is 0 Å². The Labute approximate surface area is 91.6 Å². The number of carbonyl (C=O) groups is 1. The van der Waals surface area contributed by atoms with Crippen LogP contribution in [-0.4, -0.2) is 17.3 Å². The summed E-state index contributed by atoms with van der Waals surface area (Å²) < 4.78 is 5.13. The van der Waals surface area contributed by atoms with Crippen molar-refractivity contribution < 1.29 is 9.53 Å². The average molecular weight is 222 g/mol. The number of carbonyl (C=O) groups excluding carboxylic acids is 1. The average Bonchev–Trinajstić information content (AvgIpc) is 2.29. The number of halogens is 1. The first-order valence-electron chi connectivity index (χ1n) is 4.37. The van der Waals surface area contributed by atoms with Gasteiger partial charge in [0.2, 0.25) is 0 Å². The first kappa shape index (κ1) is 9.93. The Hall–Kier alpha value is -1.61. The minimum atomic E-state index is 0.109. The molecule has 76 valence electrons. The Morgan fingerprint density at radius 3 is 3.00 bits per heavy atom. The van der Waals surface area contributed by atoms with Crippen LogP contribution in [0.5, 0.6) is 5.75 Å². The summed E-state index contributed by atoms with van der Waals surface area (Å²) in [7, 11) is 0. The Kier molecular flexibility index (Phi) is 2.83. The van der Waals surface area contributed by atoms with Gasteiger partial charge in [-0.1, -0.05) is 11.6 Å². The topological polar surface area (TPSA) is 39.2 Å². The van der Waals surface area contributed by atoms with Crippen LogP contribution in [0.15, 0.2) is 30.5 Å². The van der Waals surface area contributed by atoms with E-state index in [2.05, 4.69) is 4.98 Å². The number of nitrogens with zero attached hydrogens (tertiary/aromatic N) is 1. The number of hydrogen-bond donors (Lipinski definition) is 0. The number of ether oxygens (including phenoxy) is 1. The molecule has 4 heteroatoms. The minimum absolute atomic E-state index is 0.109. The lowest BCUT2D eigenvalue weighted by molar-refractivity contribution is 0.112. The first-order valence-corrected chi connectivity index (χ1v) is 4.90. The largest absolute Gasteiger partial charge is 0.478 e. The normalized spacial score (nSPS) is 10.2. The highest BCUT2D eigenvalue weighted by atomic mass is 35.5. The molecule has 0 N–H and O–H groups in total.